The van der Waals surface area contributed by atoms with E-state index in [1.807, 2.05) is 30.3 Å². The molecule has 0 radical (unpaired) electrons. The summed E-state index contributed by atoms with van der Waals surface area (Å²) < 4.78 is 57.6. The molecule has 36 heavy (non-hydrogen) atoms. The van der Waals surface area contributed by atoms with Crippen LogP contribution in [0.3, 0.4) is 0 Å². The largest absolute Gasteiger partial charge is 0.433 e. The van der Waals surface area contributed by atoms with Gasteiger partial charge in [0.2, 0.25) is 5.91 Å². The van der Waals surface area contributed by atoms with E-state index in [9.17, 15) is 22.4 Å². The maximum absolute atomic E-state index is 14.0. The molecule has 2 aromatic carbocycles. The summed E-state index contributed by atoms with van der Waals surface area (Å²) in [5.74, 6) is -0.598. The third kappa shape index (κ3) is 7.60. The number of hydrogen-bond acceptors (Lipinski definition) is 4. The van der Waals surface area contributed by atoms with Crippen molar-refractivity contribution in [1.82, 2.24) is 15.6 Å². The summed E-state index contributed by atoms with van der Waals surface area (Å²) in [5.41, 5.74) is 1.63. The van der Waals surface area contributed by atoms with Crippen molar-refractivity contribution in [3.8, 4) is 0 Å². The van der Waals surface area contributed by atoms with E-state index >= 15 is 0 Å². The minimum Gasteiger partial charge on any atom is -0.383 e. The number of rotatable bonds is 11. The van der Waals surface area contributed by atoms with Crippen LogP contribution in [0, 0.1) is 12.7 Å². The Bertz CT molecular complexity index is 1120. The normalized spacial score (nSPS) is 13.3. The zero-order valence-corrected chi connectivity index (χ0v) is 20.1. The molecule has 1 amide bonds. The second kappa shape index (κ2) is 12.6. The number of aromatic nitrogens is 1. The molecule has 3 rings (SSSR count). The fraction of sp³-hybridized carbons (Fsp3) is 0.333. The first-order chi connectivity index (χ1) is 17.2. The van der Waals surface area contributed by atoms with Gasteiger partial charge in [0, 0.05) is 25.9 Å². The van der Waals surface area contributed by atoms with Gasteiger partial charge < -0.3 is 10.1 Å². The Morgan fingerprint density at radius 3 is 2.42 bits per heavy atom. The molecule has 0 saturated carbocycles. The number of alkyl halides is 3. The van der Waals surface area contributed by atoms with Gasteiger partial charge in [0.15, 0.2) is 0 Å². The summed E-state index contributed by atoms with van der Waals surface area (Å²) in [6, 6.07) is 15.1. The van der Waals surface area contributed by atoms with Crippen LogP contribution >= 0.6 is 0 Å². The lowest BCUT2D eigenvalue weighted by atomic mass is 9.95. The molecule has 2 N–H and O–H groups in total. The molecule has 1 unspecified atom stereocenters. The van der Waals surface area contributed by atoms with E-state index in [0.717, 1.165) is 17.2 Å². The van der Waals surface area contributed by atoms with Crippen LogP contribution < -0.4 is 10.6 Å². The Labute approximate surface area is 207 Å². The zero-order chi connectivity index (χ0) is 26.1. The van der Waals surface area contributed by atoms with Crippen molar-refractivity contribution in [1.29, 1.82) is 0 Å². The van der Waals surface area contributed by atoms with Crippen LogP contribution in [-0.4, -0.2) is 31.2 Å². The summed E-state index contributed by atoms with van der Waals surface area (Å²) in [6.07, 6.45) is -2.46. The molecule has 2 atom stereocenters. The summed E-state index contributed by atoms with van der Waals surface area (Å²) >= 11 is 0. The minimum absolute atomic E-state index is 0.252. The summed E-state index contributed by atoms with van der Waals surface area (Å²) in [6.45, 7) is 2.34. The molecule has 3 aromatic rings. The number of benzene rings is 2. The van der Waals surface area contributed by atoms with Crippen LogP contribution in [0.2, 0.25) is 0 Å². The van der Waals surface area contributed by atoms with E-state index in [4.69, 9.17) is 4.74 Å². The van der Waals surface area contributed by atoms with Gasteiger partial charge in [-0.15, -0.1) is 0 Å². The molecule has 5 nitrogen and oxygen atoms in total. The van der Waals surface area contributed by atoms with Crippen LogP contribution in [-0.2, 0) is 22.1 Å². The molecule has 9 heteroatoms. The molecule has 0 fully saturated rings. The van der Waals surface area contributed by atoms with Gasteiger partial charge in [-0.3, -0.25) is 15.1 Å². The maximum atomic E-state index is 14.0. The highest BCUT2D eigenvalue weighted by Gasteiger charge is 2.32. The lowest BCUT2D eigenvalue weighted by Gasteiger charge is -2.27. The number of amides is 1. The monoisotopic (exact) mass is 503 g/mol. The van der Waals surface area contributed by atoms with Gasteiger partial charge in [-0.05, 0) is 54.2 Å². The van der Waals surface area contributed by atoms with Crippen LogP contribution in [0.4, 0.5) is 17.6 Å². The summed E-state index contributed by atoms with van der Waals surface area (Å²) in [4.78, 5) is 16.6. The van der Waals surface area contributed by atoms with Crippen LogP contribution in [0.5, 0.6) is 0 Å². The van der Waals surface area contributed by atoms with Crippen LogP contribution in [0.15, 0.2) is 66.9 Å². The second-order valence-corrected chi connectivity index (χ2v) is 8.44. The first-order valence-corrected chi connectivity index (χ1v) is 11.5. The number of hydrogen-bond donors (Lipinski definition) is 2. The lowest BCUT2D eigenvalue weighted by Crippen LogP contribution is -2.40. The van der Waals surface area contributed by atoms with E-state index in [0.29, 0.717) is 37.1 Å². The molecule has 0 spiro atoms. The Morgan fingerprint density at radius 2 is 1.81 bits per heavy atom. The average molecular weight is 504 g/mol. The number of pyridine rings is 1. The number of halogens is 4. The van der Waals surface area contributed by atoms with E-state index < -0.39 is 24.0 Å². The van der Waals surface area contributed by atoms with Crippen LogP contribution in [0.1, 0.15) is 46.5 Å². The van der Waals surface area contributed by atoms with Crippen molar-refractivity contribution < 1.29 is 27.1 Å². The van der Waals surface area contributed by atoms with Gasteiger partial charge >= 0.3 is 6.18 Å². The Balaban J connectivity index is 1.86. The fourth-order valence-electron chi connectivity index (χ4n) is 3.83. The van der Waals surface area contributed by atoms with Gasteiger partial charge in [-0.1, -0.05) is 48.5 Å². The number of carbonyl (C=O) groups excluding carboxylic acids is 1. The highest BCUT2D eigenvalue weighted by atomic mass is 19.4. The average Bonchev–Trinajstić information content (AvgIpc) is 2.86. The zero-order valence-electron chi connectivity index (χ0n) is 20.1. The number of carbonyl (C=O) groups is 1. The summed E-state index contributed by atoms with van der Waals surface area (Å²) in [5, 5.41) is 6.24. The summed E-state index contributed by atoms with van der Waals surface area (Å²) in [7, 11) is 1.54. The second-order valence-electron chi connectivity index (χ2n) is 8.44. The van der Waals surface area contributed by atoms with E-state index in [-0.39, 0.29) is 11.7 Å². The van der Waals surface area contributed by atoms with Gasteiger partial charge in [-0.25, -0.2) is 4.39 Å². The number of nitrogens with one attached hydrogen (secondary N) is 2. The molecule has 0 aliphatic carbocycles. The lowest BCUT2D eigenvalue weighted by molar-refractivity contribution is -0.141. The number of nitrogens with zero attached hydrogens (tertiary/aromatic N) is 1. The predicted molar refractivity (Wildman–Crippen MR) is 129 cm³/mol. The van der Waals surface area contributed by atoms with E-state index in [2.05, 4.69) is 15.6 Å². The molecule has 0 aliphatic heterocycles. The molecule has 1 heterocycles. The van der Waals surface area contributed by atoms with Gasteiger partial charge in [0.05, 0.1) is 6.61 Å². The van der Waals surface area contributed by atoms with Crippen molar-refractivity contribution in [2.45, 2.75) is 38.0 Å². The van der Waals surface area contributed by atoms with Gasteiger partial charge in [0.1, 0.15) is 17.6 Å². The highest BCUT2D eigenvalue weighted by molar-refractivity contribution is 5.83. The third-order valence-corrected chi connectivity index (χ3v) is 5.79. The van der Waals surface area contributed by atoms with Crippen molar-refractivity contribution in [2.24, 2.45) is 0 Å². The highest BCUT2D eigenvalue weighted by Crippen LogP contribution is 2.29. The van der Waals surface area contributed by atoms with Crippen molar-refractivity contribution in [3.63, 3.8) is 0 Å². The number of ether oxygens (including phenoxy) is 1. The van der Waals surface area contributed by atoms with Gasteiger partial charge in [0.25, 0.3) is 0 Å². The fourth-order valence-corrected chi connectivity index (χ4v) is 3.83. The maximum Gasteiger partial charge on any atom is 0.433 e. The van der Waals surface area contributed by atoms with E-state index in [1.54, 1.807) is 26.2 Å². The van der Waals surface area contributed by atoms with Crippen molar-refractivity contribution in [2.75, 3.05) is 20.3 Å². The number of methoxy groups -OCH3 is 1. The first-order valence-electron chi connectivity index (χ1n) is 11.5. The molecule has 0 saturated heterocycles. The molecule has 1 aromatic heterocycles. The Morgan fingerprint density at radius 1 is 1.06 bits per heavy atom. The Kier molecular flexibility index (Phi) is 9.55. The van der Waals surface area contributed by atoms with Gasteiger partial charge in [-0.2, -0.15) is 13.2 Å². The van der Waals surface area contributed by atoms with Crippen molar-refractivity contribution >= 4 is 5.91 Å². The smallest absolute Gasteiger partial charge is 0.383 e. The standard InChI is InChI=1S/C27H29F4N3O2/c1-18-16-21(10-11-22(18)28)23(12-8-19-9-13-24(33-17-19)27(29,30)31)34-25(20-6-4-3-5-7-20)26(35)32-14-15-36-2/h3-7,9-11,13,16-17,23,25,34H,8,12,14-15H2,1-2H3,(H,32,35)/t23-,25?/m0/s1. The molecule has 0 aliphatic rings. The quantitative estimate of drug-likeness (QED) is 0.275. The predicted octanol–water partition coefficient (Wildman–Crippen LogP) is 5.32. The molecule has 0 bridgehead atoms. The first kappa shape index (κ1) is 27.3. The van der Waals surface area contributed by atoms with Crippen molar-refractivity contribution in [3.05, 3.63) is 101 Å². The molecule has 192 valence electrons. The van der Waals surface area contributed by atoms with Crippen LogP contribution in [0.25, 0.3) is 0 Å². The SMILES string of the molecule is COCCNC(=O)C(N[C@@H](CCc1ccc(C(F)(F)F)nc1)c1ccc(F)c(C)c1)c1ccccc1. The molecular formula is C27H29F4N3O2. The van der Waals surface area contributed by atoms with E-state index in [1.165, 1.54) is 18.3 Å². The topological polar surface area (TPSA) is 63.2 Å². The molecular weight excluding hydrogens is 474 g/mol. The number of aryl methyl sites for hydroxylation is 2. The third-order valence-electron chi connectivity index (χ3n) is 5.79. The minimum atomic E-state index is -4.51. The Hall–Kier alpha value is -3.30.